The molecule has 2 aromatic carbocycles. The van der Waals surface area contributed by atoms with Gasteiger partial charge >= 0.3 is 0 Å². The molecule has 0 unspecified atom stereocenters. The van der Waals surface area contributed by atoms with Crippen molar-refractivity contribution in [1.29, 1.82) is 0 Å². The molecular formula is C20H23N3O3. The molecule has 0 saturated carbocycles. The van der Waals surface area contributed by atoms with Crippen LogP contribution < -0.4 is 20.3 Å². The molecule has 26 heavy (non-hydrogen) atoms. The fraction of sp³-hybridized carbons (Fsp3) is 0.300. The lowest BCUT2D eigenvalue weighted by molar-refractivity contribution is -0.123. The highest BCUT2D eigenvalue weighted by Gasteiger charge is 2.20. The van der Waals surface area contributed by atoms with Crippen molar-refractivity contribution in [2.24, 2.45) is 0 Å². The molecule has 2 N–H and O–H groups in total. The van der Waals surface area contributed by atoms with Crippen molar-refractivity contribution >= 4 is 23.2 Å². The Morgan fingerprint density at radius 3 is 2.77 bits per heavy atom. The fourth-order valence-corrected chi connectivity index (χ4v) is 3.09. The van der Waals surface area contributed by atoms with E-state index in [9.17, 15) is 9.59 Å². The number of anilines is 2. The van der Waals surface area contributed by atoms with Gasteiger partial charge in [-0.2, -0.15) is 0 Å². The van der Waals surface area contributed by atoms with Crippen LogP contribution in [0.5, 0.6) is 5.75 Å². The Balaban J connectivity index is 1.51. The minimum atomic E-state index is -0.288. The quantitative estimate of drug-likeness (QED) is 0.835. The van der Waals surface area contributed by atoms with E-state index in [1.807, 2.05) is 42.2 Å². The van der Waals surface area contributed by atoms with Crippen molar-refractivity contribution < 1.29 is 14.3 Å². The van der Waals surface area contributed by atoms with Crippen molar-refractivity contribution in [2.45, 2.75) is 13.3 Å². The molecule has 136 valence electrons. The smallest absolute Gasteiger partial charge is 0.243 e. The summed E-state index contributed by atoms with van der Waals surface area (Å²) in [5.74, 6) is 0.126. The number of nitrogens with zero attached hydrogens (tertiary/aromatic N) is 1. The van der Waals surface area contributed by atoms with Gasteiger partial charge in [-0.3, -0.25) is 9.59 Å². The summed E-state index contributed by atoms with van der Waals surface area (Å²) < 4.78 is 5.24. The molecule has 0 bridgehead atoms. The van der Waals surface area contributed by atoms with Crippen LogP contribution >= 0.6 is 0 Å². The topological polar surface area (TPSA) is 70.7 Å². The maximum Gasteiger partial charge on any atom is 0.243 e. The number of benzene rings is 2. The molecule has 0 saturated heterocycles. The average Bonchev–Trinajstić information content (AvgIpc) is 3.03. The molecule has 2 amide bonds. The number of carbonyl (C=O) groups is 2. The maximum atomic E-state index is 12.2. The standard InChI is InChI=1S/C20H23N3O3/c1-14-7-8-18(26-2)16(11-14)22-19(24)12-21-20(25)13-23-10-9-15-5-3-4-6-17(15)23/h3-8,11H,9-10,12-13H2,1-2H3,(H,21,25)(H,22,24). The molecule has 0 atom stereocenters. The van der Waals surface area contributed by atoms with Crippen molar-refractivity contribution in [3.63, 3.8) is 0 Å². The number of aryl methyl sites for hydroxylation is 1. The van der Waals surface area contributed by atoms with Gasteiger partial charge < -0.3 is 20.3 Å². The second-order valence-corrected chi connectivity index (χ2v) is 6.33. The number of carbonyl (C=O) groups excluding carboxylic acids is 2. The van der Waals surface area contributed by atoms with Gasteiger partial charge in [-0.05, 0) is 42.7 Å². The first-order chi connectivity index (χ1) is 12.6. The van der Waals surface area contributed by atoms with E-state index < -0.39 is 0 Å². The first kappa shape index (κ1) is 17.8. The van der Waals surface area contributed by atoms with E-state index in [1.54, 1.807) is 13.2 Å². The van der Waals surface area contributed by atoms with Gasteiger partial charge in [0.2, 0.25) is 11.8 Å². The molecule has 1 aliphatic rings. The summed E-state index contributed by atoms with van der Waals surface area (Å²) >= 11 is 0. The summed E-state index contributed by atoms with van der Waals surface area (Å²) in [6.45, 7) is 2.92. The summed E-state index contributed by atoms with van der Waals surface area (Å²) in [6.07, 6.45) is 0.942. The van der Waals surface area contributed by atoms with Crippen LogP contribution in [0.2, 0.25) is 0 Å². The Bertz CT molecular complexity index is 820. The van der Waals surface area contributed by atoms with Crippen LogP contribution in [0.1, 0.15) is 11.1 Å². The minimum absolute atomic E-state index is 0.0780. The van der Waals surface area contributed by atoms with E-state index in [1.165, 1.54) is 5.56 Å². The SMILES string of the molecule is COc1ccc(C)cc1NC(=O)CNC(=O)CN1CCc2ccccc21. The largest absolute Gasteiger partial charge is 0.495 e. The Morgan fingerprint density at radius 1 is 1.15 bits per heavy atom. The number of hydrogen-bond donors (Lipinski definition) is 2. The van der Waals surface area contributed by atoms with E-state index in [-0.39, 0.29) is 24.9 Å². The minimum Gasteiger partial charge on any atom is -0.495 e. The third-order valence-corrected chi connectivity index (χ3v) is 4.39. The first-order valence-electron chi connectivity index (χ1n) is 8.61. The maximum absolute atomic E-state index is 12.2. The van der Waals surface area contributed by atoms with E-state index in [4.69, 9.17) is 4.74 Å². The zero-order valence-corrected chi connectivity index (χ0v) is 15.0. The Labute approximate surface area is 153 Å². The third-order valence-electron chi connectivity index (χ3n) is 4.39. The molecule has 2 aromatic rings. The highest BCUT2D eigenvalue weighted by Crippen LogP contribution is 2.27. The molecule has 0 aliphatic carbocycles. The summed E-state index contributed by atoms with van der Waals surface area (Å²) in [5, 5.41) is 5.45. The van der Waals surface area contributed by atoms with Crippen molar-refractivity contribution in [3.8, 4) is 5.75 Å². The average molecular weight is 353 g/mol. The van der Waals surface area contributed by atoms with Gasteiger partial charge in [0.25, 0.3) is 0 Å². The number of amides is 2. The zero-order chi connectivity index (χ0) is 18.5. The van der Waals surface area contributed by atoms with Crippen molar-refractivity contribution in [3.05, 3.63) is 53.6 Å². The Kier molecular flexibility index (Phi) is 5.41. The highest BCUT2D eigenvalue weighted by atomic mass is 16.5. The summed E-state index contributed by atoms with van der Waals surface area (Å²) in [5.41, 5.74) is 3.96. The first-order valence-corrected chi connectivity index (χ1v) is 8.61. The van der Waals surface area contributed by atoms with E-state index in [2.05, 4.69) is 16.7 Å². The molecule has 0 spiro atoms. The molecule has 1 aliphatic heterocycles. The van der Waals surface area contributed by atoms with Crippen LogP contribution in [0.4, 0.5) is 11.4 Å². The van der Waals surface area contributed by atoms with Crippen molar-refractivity contribution in [1.82, 2.24) is 5.32 Å². The fourth-order valence-electron chi connectivity index (χ4n) is 3.09. The molecule has 6 heteroatoms. The highest BCUT2D eigenvalue weighted by molar-refractivity contribution is 5.96. The van der Waals surface area contributed by atoms with Crippen LogP contribution in [-0.4, -0.2) is 38.6 Å². The monoisotopic (exact) mass is 353 g/mol. The molecule has 3 rings (SSSR count). The molecule has 0 radical (unpaired) electrons. The van der Waals surface area contributed by atoms with Gasteiger partial charge in [0.1, 0.15) is 5.75 Å². The number of ether oxygens (including phenoxy) is 1. The van der Waals surface area contributed by atoms with Gasteiger partial charge in [-0.1, -0.05) is 24.3 Å². The normalized spacial score (nSPS) is 12.5. The molecule has 0 aromatic heterocycles. The summed E-state index contributed by atoms with van der Waals surface area (Å²) in [4.78, 5) is 26.4. The van der Waals surface area contributed by atoms with Crippen LogP contribution in [-0.2, 0) is 16.0 Å². The zero-order valence-electron chi connectivity index (χ0n) is 15.0. The molecule has 1 heterocycles. The molecule has 0 fully saturated rings. The van der Waals surface area contributed by atoms with E-state index >= 15 is 0 Å². The number of fused-ring (bicyclic) bond motifs is 1. The predicted octanol–water partition coefficient (Wildman–Crippen LogP) is 2.12. The summed E-state index contributed by atoms with van der Waals surface area (Å²) in [6, 6.07) is 13.6. The molecule has 6 nitrogen and oxygen atoms in total. The van der Waals surface area contributed by atoms with Crippen LogP contribution in [0.25, 0.3) is 0 Å². The lowest BCUT2D eigenvalue weighted by Crippen LogP contribution is -2.40. The van der Waals surface area contributed by atoms with Crippen LogP contribution in [0.3, 0.4) is 0 Å². The second kappa shape index (κ2) is 7.91. The lowest BCUT2D eigenvalue weighted by atomic mass is 10.2. The van der Waals surface area contributed by atoms with Crippen molar-refractivity contribution in [2.75, 3.05) is 37.0 Å². The number of nitrogens with one attached hydrogen (secondary N) is 2. The third kappa shape index (κ3) is 4.14. The number of para-hydroxylation sites is 1. The second-order valence-electron chi connectivity index (χ2n) is 6.33. The number of methoxy groups -OCH3 is 1. The lowest BCUT2D eigenvalue weighted by Gasteiger charge is -2.18. The van der Waals surface area contributed by atoms with Crippen LogP contribution in [0, 0.1) is 6.92 Å². The summed E-state index contributed by atoms with van der Waals surface area (Å²) in [7, 11) is 1.55. The molecular weight excluding hydrogens is 330 g/mol. The van der Waals surface area contributed by atoms with Gasteiger partial charge in [-0.15, -0.1) is 0 Å². The Morgan fingerprint density at radius 2 is 1.96 bits per heavy atom. The van der Waals surface area contributed by atoms with Gasteiger partial charge in [0.05, 0.1) is 25.9 Å². The Hall–Kier alpha value is -3.02. The van der Waals surface area contributed by atoms with Gasteiger partial charge in [0, 0.05) is 12.2 Å². The van der Waals surface area contributed by atoms with E-state index in [0.717, 1.165) is 24.2 Å². The van der Waals surface area contributed by atoms with Crippen LogP contribution in [0.15, 0.2) is 42.5 Å². The number of rotatable bonds is 6. The predicted molar refractivity (Wildman–Crippen MR) is 102 cm³/mol. The van der Waals surface area contributed by atoms with Gasteiger partial charge in [-0.25, -0.2) is 0 Å². The number of hydrogen-bond acceptors (Lipinski definition) is 4. The van der Waals surface area contributed by atoms with Gasteiger partial charge in [0.15, 0.2) is 0 Å². The van der Waals surface area contributed by atoms with E-state index in [0.29, 0.717) is 11.4 Å².